The molecule has 1 N–H and O–H groups in total. The fourth-order valence-electron chi connectivity index (χ4n) is 3.65. The molecule has 1 saturated heterocycles. The maximum Gasteiger partial charge on any atom is 0.231 e. The molecule has 0 aromatic carbocycles. The molecule has 5 nitrogen and oxygen atoms in total. The lowest BCUT2D eigenvalue weighted by Gasteiger charge is -2.36. The Morgan fingerprint density at radius 2 is 2.05 bits per heavy atom. The van der Waals surface area contributed by atoms with Gasteiger partial charge in [0.1, 0.15) is 5.60 Å². The van der Waals surface area contributed by atoms with Gasteiger partial charge in [-0.15, -0.1) is 0 Å². The molecular weight excluding hydrogens is 266 g/mol. The third-order valence-electron chi connectivity index (χ3n) is 5.19. The number of nitrogens with one attached hydrogen (secondary N) is 1. The summed E-state index contributed by atoms with van der Waals surface area (Å²) >= 11 is 0. The highest BCUT2D eigenvalue weighted by Crippen LogP contribution is 2.41. The first-order chi connectivity index (χ1) is 10.1. The number of nitrogens with zero attached hydrogens (tertiary/aromatic N) is 2. The lowest BCUT2D eigenvalue weighted by Crippen LogP contribution is -2.35. The molecule has 1 aliphatic carbocycles. The minimum atomic E-state index is -0.321. The van der Waals surface area contributed by atoms with E-state index < -0.39 is 0 Å². The Morgan fingerprint density at radius 1 is 1.29 bits per heavy atom. The van der Waals surface area contributed by atoms with Gasteiger partial charge in [0.05, 0.1) is 5.92 Å². The summed E-state index contributed by atoms with van der Waals surface area (Å²) < 4.78 is 11.7. The van der Waals surface area contributed by atoms with E-state index in [1.807, 2.05) is 6.92 Å². The van der Waals surface area contributed by atoms with E-state index in [4.69, 9.17) is 14.2 Å². The first-order valence-corrected chi connectivity index (χ1v) is 8.33. The van der Waals surface area contributed by atoms with Crippen LogP contribution in [-0.2, 0) is 10.3 Å². The third kappa shape index (κ3) is 2.86. The molecule has 0 radical (unpaired) electrons. The third-order valence-corrected chi connectivity index (χ3v) is 5.19. The van der Waals surface area contributed by atoms with Crippen molar-refractivity contribution >= 4 is 0 Å². The van der Waals surface area contributed by atoms with E-state index in [0.29, 0.717) is 18.4 Å². The zero-order valence-electron chi connectivity index (χ0n) is 13.4. The van der Waals surface area contributed by atoms with Gasteiger partial charge in [0.2, 0.25) is 11.7 Å². The van der Waals surface area contributed by atoms with Crippen LogP contribution in [0, 0.1) is 11.8 Å². The Morgan fingerprint density at radius 3 is 2.67 bits per heavy atom. The number of aromatic nitrogens is 2. The second-order valence-corrected chi connectivity index (χ2v) is 6.81. The van der Waals surface area contributed by atoms with Crippen molar-refractivity contribution in [3.05, 3.63) is 11.7 Å². The summed E-state index contributed by atoms with van der Waals surface area (Å²) in [5.74, 6) is 3.20. The quantitative estimate of drug-likeness (QED) is 0.925. The van der Waals surface area contributed by atoms with Crippen LogP contribution in [0.4, 0.5) is 0 Å². The van der Waals surface area contributed by atoms with Crippen molar-refractivity contribution in [2.75, 3.05) is 19.7 Å². The number of hydrogen-bond acceptors (Lipinski definition) is 5. The van der Waals surface area contributed by atoms with E-state index in [1.165, 1.54) is 12.8 Å². The summed E-state index contributed by atoms with van der Waals surface area (Å²) in [7, 11) is 0. The highest BCUT2D eigenvalue weighted by molar-refractivity contribution is 5.08. The Hall–Kier alpha value is -0.940. The molecule has 2 aliphatic rings. The highest BCUT2D eigenvalue weighted by Gasteiger charge is 2.42. The lowest BCUT2D eigenvalue weighted by molar-refractivity contribution is -0.0847. The highest BCUT2D eigenvalue weighted by atomic mass is 16.5. The first-order valence-electron chi connectivity index (χ1n) is 8.33. The average molecular weight is 293 g/mol. The molecule has 0 amide bonds. The molecule has 118 valence electrons. The van der Waals surface area contributed by atoms with Crippen LogP contribution in [0.15, 0.2) is 4.52 Å². The molecule has 1 aliphatic heterocycles. The van der Waals surface area contributed by atoms with Crippen LogP contribution in [0.3, 0.4) is 0 Å². The van der Waals surface area contributed by atoms with E-state index in [1.54, 1.807) is 0 Å². The summed E-state index contributed by atoms with van der Waals surface area (Å²) in [6, 6.07) is 0. The predicted molar refractivity (Wildman–Crippen MR) is 80.0 cm³/mol. The minimum Gasteiger partial charge on any atom is -0.367 e. The zero-order chi connectivity index (χ0) is 14.9. The molecule has 3 rings (SSSR count). The van der Waals surface area contributed by atoms with E-state index in [-0.39, 0.29) is 5.60 Å². The monoisotopic (exact) mass is 293 g/mol. The van der Waals surface area contributed by atoms with Crippen LogP contribution in [-0.4, -0.2) is 29.8 Å². The van der Waals surface area contributed by atoms with Gasteiger partial charge in [0, 0.05) is 13.2 Å². The Bertz CT molecular complexity index is 466. The maximum atomic E-state index is 6.11. The van der Waals surface area contributed by atoms with E-state index >= 15 is 0 Å². The summed E-state index contributed by atoms with van der Waals surface area (Å²) in [5, 5.41) is 7.69. The SMILES string of the molecule is CCOC1(c2noc(C3CNCC3C)n2)CCC(C)CC1. The second kappa shape index (κ2) is 6.05. The molecule has 2 heterocycles. The summed E-state index contributed by atoms with van der Waals surface area (Å²) in [6.07, 6.45) is 4.34. The smallest absolute Gasteiger partial charge is 0.231 e. The van der Waals surface area contributed by atoms with Gasteiger partial charge in [-0.05, 0) is 51.0 Å². The van der Waals surface area contributed by atoms with Crippen LogP contribution in [0.1, 0.15) is 64.1 Å². The number of ether oxygens (including phenoxy) is 1. The van der Waals surface area contributed by atoms with E-state index in [2.05, 4.69) is 24.3 Å². The average Bonchev–Trinajstić information content (AvgIpc) is 3.10. The molecule has 1 aromatic rings. The number of rotatable bonds is 4. The van der Waals surface area contributed by atoms with Crippen molar-refractivity contribution in [2.24, 2.45) is 11.8 Å². The Labute approximate surface area is 126 Å². The van der Waals surface area contributed by atoms with Crippen molar-refractivity contribution in [2.45, 2.75) is 58.0 Å². The van der Waals surface area contributed by atoms with Crippen molar-refractivity contribution < 1.29 is 9.26 Å². The molecule has 2 fully saturated rings. The molecule has 1 aromatic heterocycles. The van der Waals surface area contributed by atoms with Gasteiger partial charge in [-0.25, -0.2) is 0 Å². The van der Waals surface area contributed by atoms with Crippen molar-refractivity contribution in [3.8, 4) is 0 Å². The van der Waals surface area contributed by atoms with Gasteiger partial charge in [0.15, 0.2) is 0 Å². The van der Waals surface area contributed by atoms with Crippen molar-refractivity contribution in [1.29, 1.82) is 0 Å². The predicted octanol–water partition coefficient (Wildman–Crippen LogP) is 2.83. The molecule has 2 atom stereocenters. The standard InChI is InChI=1S/C16H27N3O2/c1-4-20-16(7-5-11(2)6-8-16)15-18-14(21-19-15)13-10-17-9-12(13)3/h11-13,17H,4-10H2,1-3H3. The van der Waals surface area contributed by atoms with Crippen LogP contribution in [0.2, 0.25) is 0 Å². The van der Waals surface area contributed by atoms with Crippen LogP contribution < -0.4 is 5.32 Å². The van der Waals surface area contributed by atoms with E-state index in [9.17, 15) is 0 Å². The van der Waals surface area contributed by atoms with Crippen LogP contribution in [0.5, 0.6) is 0 Å². The normalized spacial score (nSPS) is 37.0. The molecule has 0 bridgehead atoms. The summed E-state index contributed by atoms with van der Waals surface area (Å²) in [6.45, 7) is 9.24. The van der Waals surface area contributed by atoms with Crippen LogP contribution >= 0.6 is 0 Å². The second-order valence-electron chi connectivity index (χ2n) is 6.81. The van der Waals surface area contributed by atoms with Gasteiger partial charge in [-0.1, -0.05) is 19.0 Å². The summed E-state index contributed by atoms with van der Waals surface area (Å²) in [5.41, 5.74) is -0.321. The maximum absolute atomic E-state index is 6.11. The van der Waals surface area contributed by atoms with E-state index in [0.717, 1.165) is 43.6 Å². The zero-order valence-corrected chi connectivity index (χ0v) is 13.4. The van der Waals surface area contributed by atoms with Gasteiger partial charge in [-0.3, -0.25) is 0 Å². The number of hydrogen-bond donors (Lipinski definition) is 1. The topological polar surface area (TPSA) is 60.2 Å². The van der Waals surface area contributed by atoms with Gasteiger partial charge in [-0.2, -0.15) is 4.98 Å². The van der Waals surface area contributed by atoms with Gasteiger partial charge in [0.25, 0.3) is 0 Å². The van der Waals surface area contributed by atoms with Crippen molar-refractivity contribution in [3.63, 3.8) is 0 Å². The molecule has 0 spiro atoms. The molecule has 2 unspecified atom stereocenters. The molecule has 21 heavy (non-hydrogen) atoms. The van der Waals surface area contributed by atoms with Gasteiger partial charge >= 0.3 is 0 Å². The first kappa shape index (κ1) is 15.0. The molecule has 1 saturated carbocycles. The molecular formula is C16H27N3O2. The Kier molecular flexibility index (Phi) is 4.31. The molecule has 5 heteroatoms. The van der Waals surface area contributed by atoms with Gasteiger partial charge < -0.3 is 14.6 Å². The minimum absolute atomic E-state index is 0.321. The Balaban J connectivity index is 1.82. The van der Waals surface area contributed by atoms with Crippen molar-refractivity contribution in [1.82, 2.24) is 15.5 Å². The largest absolute Gasteiger partial charge is 0.367 e. The lowest BCUT2D eigenvalue weighted by atomic mass is 9.79. The summed E-state index contributed by atoms with van der Waals surface area (Å²) in [4.78, 5) is 4.74. The fourth-order valence-corrected chi connectivity index (χ4v) is 3.65. The van der Waals surface area contributed by atoms with Crippen LogP contribution in [0.25, 0.3) is 0 Å². The fraction of sp³-hybridized carbons (Fsp3) is 0.875.